The maximum atomic E-state index is 12.7. The lowest BCUT2D eigenvalue weighted by molar-refractivity contribution is 0.0689. The molecule has 0 fully saturated rings. The molecule has 1 aliphatic heterocycles. The fourth-order valence-corrected chi connectivity index (χ4v) is 2.87. The zero-order valence-electron chi connectivity index (χ0n) is 13.7. The number of hydrogen-bond acceptors (Lipinski definition) is 4. The number of benzene rings is 1. The van der Waals surface area contributed by atoms with Crippen LogP contribution in [0.5, 0.6) is 0 Å². The van der Waals surface area contributed by atoms with E-state index in [9.17, 15) is 9.59 Å². The number of aromatic nitrogens is 2. The van der Waals surface area contributed by atoms with E-state index in [-0.39, 0.29) is 17.3 Å². The fourth-order valence-electron chi connectivity index (χ4n) is 2.87. The Morgan fingerprint density at radius 1 is 1.17 bits per heavy atom. The molecule has 1 amide bonds. The molecule has 6 nitrogen and oxygen atoms in total. The molecule has 0 aliphatic carbocycles. The molecule has 0 saturated carbocycles. The van der Waals surface area contributed by atoms with Crippen LogP contribution in [-0.2, 0) is 6.42 Å². The second-order valence-electron chi connectivity index (χ2n) is 6.20. The molecule has 1 N–H and O–H groups in total. The summed E-state index contributed by atoms with van der Waals surface area (Å²) in [5.41, 5.74) is 3.30. The highest BCUT2D eigenvalue weighted by atomic mass is 16.4. The van der Waals surface area contributed by atoms with Crippen LogP contribution >= 0.6 is 0 Å². The van der Waals surface area contributed by atoms with E-state index in [0.717, 1.165) is 30.3 Å². The molecule has 3 rings (SSSR count). The lowest BCUT2D eigenvalue weighted by atomic mass is 9.94. The van der Waals surface area contributed by atoms with Crippen molar-refractivity contribution in [1.82, 2.24) is 9.97 Å². The lowest BCUT2D eigenvalue weighted by Gasteiger charge is -2.30. The van der Waals surface area contributed by atoms with Crippen LogP contribution in [0.25, 0.3) is 0 Å². The van der Waals surface area contributed by atoms with Gasteiger partial charge in [0.25, 0.3) is 5.91 Å². The number of amides is 1. The summed E-state index contributed by atoms with van der Waals surface area (Å²) >= 11 is 0. The number of nitrogens with zero attached hydrogens (tertiary/aromatic N) is 3. The fraction of sp³-hybridized carbons (Fsp3) is 0.333. The van der Waals surface area contributed by atoms with Gasteiger partial charge in [-0.25, -0.2) is 14.8 Å². The van der Waals surface area contributed by atoms with E-state index in [2.05, 4.69) is 29.9 Å². The van der Waals surface area contributed by atoms with Crippen molar-refractivity contribution in [2.75, 3.05) is 11.4 Å². The molecular weight excluding hydrogens is 306 g/mol. The Morgan fingerprint density at radius 2 is 1.88 bits per heavy atom. The Morgan fingerprint density at radius 3 is 2.50 bits per heavy atom. The molecular formula is C18H19N3O3. The van der Waals surface area contributed by atoms with E-state index in [4.69, 9.17) is 5.11 Å². The average molecular weight is 325 g/mol. The zero-order chi connectivity index (χ0) is 17.3. The van der Waals surface area contributed by atoms with Crippen LogP contribution in [0.1, 0.15) is 58.3 Å². The van der Waals surface area contributed by atoms with Gasteiger partial charge in [0.2, 0.25) is 0 Å². The predicted octanol–water partition coefficient (Wildman–Crippen LogP) is 2.89. The number of rotatable bonds is 3. The summed E-state index contributed by atoms with van der Waals surface area (Å²) in [6, 6.07) is 6.20. The summed E-state index contributed by atoms with van der Waals surface area (Å²) in [7, 11) is 0. The molecule has 1 aromatic heterocycles. The summed E-state index contributed by atoms with van der Waals surface area (Å²) in [6.07, 6.45) is 4.18. The van der Waals surface area contributed by atoms with Crippen molar-refractivity contribution in [1.29, 1.82) is 0 Å². The third-order valence-electron chi connectivity index (χ3n) is 4.22. The Bertz CT molecular complexity index is 785. The maximum Gasteiger partial charge on any atom is 0.356 e. The molecule has 0 atom stereocenters. The van der Waals surface area contributed by atoms with Gasteiger partial charge in [0.05, 0.1) is 12.4 Å². The minimum absolute atomic E-state index is 0.154. The molecule has 124 valence electrons. The summed E-state index contributed by atoms with van der Waals surface area (Å²) in [4.78, 5) is 33.0. The first-order valence-electron chi connectivity index (χ1n) is 7.97. The van der Waals surface area contributed by atoms with Crippen LogP contribution in [-0.4, -0.2) is 33.5 Å². The first-order chi connectivity index (χ1) is 11.5. The monoisotopic (exact) mass is 325 g/mol. The Labute approximate surface area is 140 Å². The summed E-state index contributed by atoms with van der Waals surface area (Å²) in [6.45, 7) is 4.91. The summed E-state index contributed by atoms with van der Waals surface area (Å²) in [5, 5.41) is 8.87. The van der Waals surface area contributed by atoms with E-state index < -0.39 is 5.97 Å². The van der Waals surface area contributed by atoms with Gasteiger partial charge >= 0.3 is 5.97 Å². The Balaban J connectivity index is 1.91. The van der Waals surface area contributed by atoms with Gasteiger partial charge in [-0.1, -0.05) is 26.0 Å². The second kappa shape index (κ2) is 6.39. The first-order valence-corrected chi connectivity index (χ1v) is 7.97. The van der Waals surface area contributed by atoms with E-state index in [1.807, 2.05) is 12.1 Å². The van der Waals surface area contributed by atoms with Crippen LogP contribution in [0, 0.1) is 0 Å². The van der Waals surface area contributed by atoms with Gasteiger partial charge in [-0.3, -0.25) is 4.79 Å². The first kappa shape index (κ1) is 16.1. The zero-order valence-corrected chi connectivity index (χ0v) is 13.7. The minimum Gasteiger partial charge on any atom is -0.476 e. The van der Waals surface area contributed by atoms with Gasteiger partial charge in [-0.05, 0) is 36.0 Å². The van der Waals surface area contributed by atoms with E-state index in [0.29, 0.717) is 12.5 Å². The van der Waals surface area contributed by atoms with Crippen LogP contribution in [0.3, 0.4) is 0 Å². The summed E-state index contributed by atoms with van der Waals surface area (Å²) in [5.74, 6) is -0.973. The van der Waals surface area contributed by atoms with E-state index in [1.54, 1.807) is 4.90 Å². The van der Waals surface area contributed by atoms with Crippen LogP contribution in [0.4, 0.5) is 5.69 Å². The van der Waals surface area contributed by atoms with Crippen molar-refractivity contribution in [3.63, 3.8) is 0 Å². The third-order valence-corrected chi connectivity index (χ3v) is 4.22. The molecule has 2 aromatic rings. The molecule has 1 aromatic carbocycles. The topological polar surface area (TPSA) is 83.4 Å². The van der Waals surface area contributed by atoms with Crippen molar-refractivity contribution in [3.05, 3.63) is 53.1 Å². The molecule has 6 heteroatoms. The van der Waals surface area contributed by atoms with Gasteiger partial charge in [0.1, 0.15) is 5.69 Å². The molecule has 2 heterocycles. The number of fused-ring (bicyclic) bond motifs is 1. The quantitative estimate of drug-likeness (QED) is 0.938. The molecule has 1 aliphatic rings. The maximum absolute atomic E-state index is 12.7. The highest BCUT2D eigenvalue weighted by Crippen LogP contribution is 2.31. The lowest BCUT2D eigenvalue weighted by Crippen LogP contribution is -2.36. The molecule has 0 unspecified atom stereocenters. The Hall–Kier alpha value is -2.76. The van der Waals surface area contributed by atoms with Gasteiger partial charge in [0, 0.05) is 12.2 Å². The highest BCUT2D eigenvalue weighted by molar-refractivity contribution is 6.05. The predicted molar refractivity (Wildman–Crippen MR) is 89.5 cm³/mol. The minimum atomic E-state index is -1.16. The molecule has 0 saturated heterocycles. The number of aryl methyl sites for hydroxylation is 1. The number of carbonyl (C=O) groups is 2. The third kappa shape index (κ3) is 2.99. The van der Waals surface area contributed by atoms with Gasteiger partial charge in [-0.2, -0.15) is 0 Å². The smallest absolute Gasteiger partial charge is 0.356 e. The van der Waals surface area contributed by atoms with Gasteiger partial charge in [0.15, 0.2) is 5.69 Å². The SMILES string of the molecule is CC(C)c1ccc2c(c1)CCCN2C(=O)c1cnc(C(=O)O)cn1. The highest BCUT2D eigenvalue weighted by Gasteiger charge is 2.25. The van der Waals surface area contributed by atoms with Crippen molar-refractivity contribution >= 4 is 17.6 Å². The number of carbonyl (C=O) groups excluding carboxylic acids is 1. The van der Waals surface area contributed by atoms with Crippen LogP contribution < -0.4 is 4.90 Å². The van der Waals surface area contributed by atoms with Gasteiger partial charge < -0.3 is 10.0 Å². The number of carboxylic acids is 1. The largest absolute Gasteiger partial charge is 0.476 e. The standard InChI is InChI=1S/C18H19N3O3/c1-11(2)12-5-6-16-13(8-12)4-3-7-21(16)17(22)14-9-20-15(10-19-14)18(23)24/h5-6,8-11H,3-4,7H2,1-2H3,(H,23,24). The van der Waals surface area contributed by atoms with Gasteiger partial charge in [-0.15, -0.1) is 0 Å². The normalized spacial score (nSPS) is 13.7. The van der Waals surface area contributed by atoms with Crippen LogP contribution in [0.2, 0.25) is 0 Å². The van der Waals surface area contributed by atoms with Crippen LogP contribution in [0.15, 0.2) is 30.6 Å². The number of hydrogen-bond donors (Lipinski definition) is 1. The van der Waals surface area contributed by atoms with E-state index >= 15 is 0 Å². The van der Waals surface area contributed by atoms with Crippen molar-refractivity contribution in [2.45, 2.75) is 32.6 Å². The number of aromatic carboxylic acids is 1. The molecule has 24 heavy (non-hydrogen) atoms. The average Bonchev–Trinajstić information content (AvgIpc) is 2.60. The van der Waals surface area contributed by atoms with E-state index in [1.165, 1.54) is 11.8 Å². The van der Waals surface area contributed by atoms with Crippen molar-refractivity contribution in [2.24, 2.45) is 0 Å². The Kier molecular flexibility index (Phi) is 4.29. The molecule has 0 bridgehead atoms. The molecule has 0 spiro atoms. The second-order valence-corrected chi connectivity index (χ2v) is 6.20. The van der Waals surface area contributed by atoms with Crippen molar-refractivity contribution in [3.8, 4) is 0 Å². The van der Waals surface area contributed by atoms with Crippen molar-refractivity contribution < 1.29 is 14.7 Å². The summed E-state index contributed by atoms with van der Waals surface area (Å²) < 4.78 is 0. The molecule has 0 radical (unpaired) electrons. The number of carboxylic acid groups (broad SMARTS) is 1. The number of anilines is 1.